The number of piperidine rings is 7. The van der Waals surface area contributed by atoms with Crippen molar-refractivity contribution >= 4 is 95.2 Å². The number of amides is 6. The number of ether oxygens (including phenoxy) is 8. The van der Waals surface area contributed by atoms with Gasteiger partial charge >= 0.3 is 71.6 Å². The Morgan fingerprint density at radius 2 is 0.801 bits per heavy atom. The summed E-state index contributed by atoms with van der Waals surface area (Å²) in [6.45, 7) is 51.0. The van der Waals surface area contributed by atoms with Crippen molar-refractivity contribution in [3.8, 4) is 0 Å². The van der Waals surface area contributed by atoms with Gasteiger partial charge in [-0.15, -0.1) is 12.1 Å². The third-order valence-electron chi connectivity index (χ3n) is 27.6. The molecule has 2 aromatic carbocycles. The van der Waals surface area contributed by atoms with Crippen LogP contribution < -0.4 is 22.3 Å². The molecule has 8 aliphatic heterocycles. The predicted octanol–water partition coefficient (Wildman–Crippen LogP) is 18.6. The topological polar surface area (TPSA) is 334 Å². The number of esters is 2. The van der Waals surface area contributed by atoms with Gasteiger partial charge in [0.15, 0.2) is 11.6 Å². The number of Topliss-reactive ketones (excluding diaryl/α,β-unsaturated/α-hetero) is 1. The fraction of sp³-hybridized carbons (Fsp3) is 0.741. The zero-order valence-corrected chi connectivity index (χ0v) is 97.3. The van der Waals surface area contributed by atoms with E-state index in [2.05, 4.69) is 39.7 Å². The molecule has 6 amide bonds. The van der Waals surface area contributed by atoms with E-state index in [1.807, 2.05) is 140 Å². The Hall–Kier alpha value is -7.19. The summed E-state index contributed by atoms with van der Waals surface area (Å²) in [7, 11) is 2.84. The number of ketones is 3. The maximum atomic E-state index is 14.1. The fourth-order valence-electron chi connectivity index (χ4n) is 19.1. The van der Waals surface area contributed by atoms with Crippen molar-refractivity contribution in [3.63, 3.8) is 0 Å². The summed E-state index contributed by atoms with van der Waals surface area (Å²) in [6, 6.07) is 15.8. The summed E-state index contributed by atoms with van der Waals surface area (Å²) in [6.07, 6.45) is 36.5. The van der Waals surface area contributed by atoms with E-state index < -0.39 is 33.6 Å². The third-order valence-corrected chi connectivity index (χ3v) is 27.6. The normalized spacial score (nSPS) is 19.8. The van der Waals surface area contributed by atoms with Gasteiger partial charge in [0.1, 0.15) is 51.5 Å². The van der Waals surface area contributed by atoms with Crippen LogP contribution in [0.25, 0.3) is 0 Å². The van der Waals surface area contributed by atoms with Crippen molar-refractivity contribution in [2.75, 3.05) is 126 Å². The van der Waals surface area contributed by atoms with Crippen LogP contribution in [-0.4, -0.2) is 294 Å². The summed E-state index contributed by atoms with van der Waals surface area (Å²) in [5.74, 6) is 0.567. The van der Waals surface area contributed by atoms with Gasteiger partial charge in [-0.05, 0) is 357 Å². The van der Waals surface area contributed by atoms with Crippen molar-refractivity contribution in [3.05, 3.63) is 104 Å². The maximum absolute atomic E-state index is 14.1. The second kappa shape index (κ2) is 65.9. The van der Waals surface area contributed by atoms with Gasteiger partial charge in [-0.2, -0.15) is 18.2 Å². The third kappa shape index (κ3) is 52.7. The second-order valence-corrected chi connectivity index (χ2v) is 46.0. The van der Waals surface area contributed by atoms with Crippen molar-refractivity contribution in [1.82, 2.24) is 39.6 Å². The molecule has 0 atom stereocenters. The van der Waals surface area contributed by atoms with Crippen LogP contribution in [0.4, 0.5) is 37.5 Å². The number of hydrogen-bond acceptors (Lipinski definition) is 23. The largest absolute Gasteiger partial charge is 2.00 e. The van der Waals surface area contributed by atoms with Crippen LogP contribution in [0.15, 0.2) is 73.3 Å². The molecule has 14 rings (SSSR count). The first kappa shape index (κ1) is 137. The smallest absolute Gasteiger partial charge is 1.00 e. The Kier molecular flexibility index (Phi) is 61.8. The van der Waals surface area contributed by atoms with Crippen molar-refractivity contribution in [1.29, 1.82) is 0 Å². The van der Waals surface area contributed by atoms with E-state index in [9.17, 15) is 66.3 Å². The minimum atomic E-state index is -0.476. The number of aldehydes is 1. The first-order valence-corrected chi connectivity index (χ1v) is 52.3. The van der Waals surface area contributed by atoms with E-state index in [-0.39, 0.29) is 175 Å². The predicted molar refractivity (Wildman–Crippen MR) is 558 cm³/mol. The SMILES string of the molecule is C1CCCC1.C=CC(C)=O.CC(C)(C)OC(=O)N1CCC(C=O)CC1.CC(C)(C)OC(=O)N1CCC(CO)CC1.CC(C)(C)OC(=O)N1CCC2(C=CC(=O)CC2)CC1.CC(C)(C)OC(=O)N1CCC2(CC1)CCC(c1cccc(F)c1)(N1CCCC1)CC2.CC(C)(C)OC(=O)N1CCC2(CCC(=O)CC2)CC1.COC(=O)C1CCN(C(=O)OC(C)(C)C)CC1.COC(=O)C1CCNCC1.Fc1c[c-]ccc1.[Br-].[CH3-].[Mg+2].[Pd]. The van der Waals surface area contributed by atoms with Gasteiger partial charge in [0.2, 0.25) is 0 Å². The molecular formula is C112H182BrF2MgN8O21Pd-. The number of hydrogen-bond donors (Lipinski definition) is 2. The minimum Gasteiger partial charge on any atom is -1.00 e. The number of aliphatic hydroxyl groups is 1. The van der Waals surface area contributed by atoms with Gasteiger partial charge in [-0.3, -0.25) is 33.3 Å². The molecule has 34 heteroatoms. The number of nitrogens with one attached hydrogen (secondary N) is 1. The molecule has 2 N–H and O–H groups in total. The standard InChI is InChI=1S/C25H37FN2O2.C15H25NO3.C15H23NO3.C12H21NO4.C11H21NO3.C11H19NO3.C7H13NO2.C6H4F.C5H10.C4H6O.CH3.BrH.Mg.Pd/c1-23(2,3)30-22(29)27-17-13-24(14-18-27)9-11-25(12-10-24,28-15-4-5-16-28)20-7-6-8-21(26)19-20;2*1-14(2,3)19-13(18)16-10-8-15(9-11-16)6-4-12(17)5-7-15;1-12(2,3)17-11(15)13-7-5-9(6-8-13)10(14)16-4;2*1-11(2,3)15-10(14)12-6-4-9(8-13)5-7-12;1-10-7(9)6-2-4-8-5-3-6;7-6-4-2-1-3-5-6;1-2-4-5-3-1;1-3-4(2)5;;;;/h6-8,19H,4-5,9-18H2,1-3H3;4-11H2,1-3H3;4,6H,5,7-11H2,1-3H3;9H,5-8H2,1-4H3;9,13H,4-8H2,1-3H3;8-9H,4-7H2,1-3H3;6,8H,2-5H2,1H3;1-2,4-5H;1-5H2;3H,1H2,2H3;1H3;1H;;/q;;;;;;;-1;;;-1;;+2;/p-1. The quantitative estimate of drug-likeness (QED) is 0.0649. The molecule has 0 unspecified atom stereocenters. The summed E-state index contributed by atoms with van der Waals surface area (Å²) < 4.78 is 67.4. The number of likely N-dealkylation sites (tertiary alicyclic amines) is 7. The average molecular weight is 2230 g/mol. The number of carbonyl (C=O) groups is 12. The van der Waals surface area contributed by atoms with E-state index in [0.717, 1.165) is 199 Å². The molecule has 0 bridgehead atoms. The first-order valence-electron chi connectivity index (χ1n) is 52.3. The Bertz CT molecular complexity index is 4230. The van der Waals surface area contributed by atoms with Crippen molar-refractivity contribution in [2.24, 2.45) is 39.9 Å². The van der Waals surface area contributed by atoms with Gasteiger partial charge in [0.05, 0.1) is 26.1 Å². The zero-order chi connectivity index (χ0) is 106. The summed E-state index contributed by atoms with van der Waals surface area (Å²) in [4.78, 5) is 150. The van der Waals surface area contributed by atoms with Crippen LogP contribution in [0.1, 0.15) is 336 Å². The van der Waals surface area contributed by atoms with E-state index in [4.69, 9.17) is 38.3 Å². The molecule has 8 saturated heterocycles. The number of allylic oxidation sites excluding steroid dienone is 3. The van der Waals surface area contributed by atoms with Gasteiger partial charge in [-0.25, -0.2) is 33.2 Å². The summed E-state index contributed by atoms with van der Waals surface area (Å²) in [5, 5.41) is 12.2. The number of nitrogens with zero attached hydrogens (tertiary/aromatic N) is 7. The zero-order valence-electron chi connectivity index (χ0n) is 92.8. The van der Waals surface area contributed by atoms with E-state index in [0.29, 0.717) is 94.2 Å². The number of carbonyl (C=O) groups excluding carboxylic acids is 12. The number of methoxy groups -OCH3 is 2. The Balaban J connectivity index is 0.000000838. The second-order valence-electron chi connectivity index (χ2n) is 46.0. The van der Waals surface area contributed by atoms with Crippen LogP contribution in [-0.2, 0) is 92.6 Å². The molecule has 0 aromatic heterocycles. The Morgan fingerprint density at radius 3 is 1.11 bits per heavy atom. The number of aliphatic hydroxyl groups excluding tert-OH is 1. The molecule has 2 aromatic rings. The molecule has 4 aliphatic carbocycles. The fourth-order valence-corrected chi connectivity index (χ4v) is 19.1. The minimum absolute atomic E-state index is 0. The van der Waals surface area contributed by atoms with Gasteiger partial charge in [0.25, 0.3) is 0 Å². The Morgan fingerprint density at radius 1 is 0.459 bits per heavy atom. The molecular weight excluding hydrogens is 2040 g/mol. The summed E-state index contributed by atoms with van der Waals surface area (Å²) >= 11 is 0. The number of benzene rings is 2. The van der Waals surface area contributed by atoms with Crippen molar-refractivity contribution in [2.45, 2.75) is 370 Å². The van der Waals surface area contributed by atoms with E-state index in [1.54, 1.807) is 49.9 Å². The molecule has 0 radical (unpaired) electrons. The number of halogens is 3. The average Bonchev–Trinajstić information content (AvgIpc) is 1.28. The molecule has 3 spiro atoms. The molecule has 830 valence electrons. The Labute approximate surface area is 914 Å². The van der Waals surface area contributed by atoms with Crippen LogP contribution in [0, 0.1) is 65.0 Å². The van der Waals surface area contributed by atoms with E-state index >= 15 is 0 Å². The molecule has 29 nitrogen and oxygen atoms in total. The molecule has 12 aliphatic rings. The molecule has 11 fully saturated rings. The van der Waals surface area contributed by atoms with Gasteiger partial charge in [-0.1, -0.05) is 56.9 Å². The van der Waals surface area contributed by atoms with Crippen LogP contribution in [0.2, 0.25) is 0 Å². The molecule has 3 saturated carbocycles. The summed E-state index contributed by atoms with van der Waals surface area (Å²) in [5.41, 5.74) is -0.769. The van der Waals surface area contributed by atoms with E-state index in [1.165, 1.54) is 84.3 Å². The molecule has 146 heavy (non-hydrogen) atoms. The van der Waals surface area contributed by atoms with Gasteiger partial charge in [0, 0.05) is 142 Å². The number of rotatable bonds is 7. The monoisotopic (exact) mass is 2220 g/mol. The molecule has 8 heterocycles. The maximum Gasteiger partial charge on any atom is 2.00 e. The van der Waals surface area contributed by atoms with Crippen LogP contribution >= 0.6 is 0 Å². The van der Waals surface area contributed by atoms with Crippen LogP contribution in [0.3, 0.4) is 0 Å². The first-order chi connectivity index (χ1) is 66.5. The van der Waals surface area contributed by atoms with Crippen LogP contribution in [0.5, 0.6) is 0 Å². The van der Waals surface area contributed by atoms with Crippen molar-refractivity contribution < 1.29 is 147 Å². The van der Waals surface area contributed by atoms with Gasteiger partial charge < -0.3 is 107 Å².